The molecule has 5 aromatic rings. The summed E-state index contributed by atoms with van der Waals surface area (Å²) >= 11 is 0. The van der Waals surface area contributed by atoms with E-state index in [1.165, 1.54) is 0 Å². The third kappa shape index (κ3) is 1.85. The second-order valence-corrected chi connectivity index (χ2v) is 9.69. The summed E-state index contributed by atoms with van der Waals surface area (Å²) in [6.45, 7) is 2.42. The number of benzene rings is 3. The van der Waals surface area contributed by atoms with Gasteiger partial charge in [0.05, 0.1) is 27.6 Å². The molecule has 2 aromatic heterocycles. The molecule has 1 saturated heterocycles. The average Bonchev–Trinajstić information content (AvgIpc) is 3.45. The molecule has 4 N–H and O–H groups in total. The summed E-state index contributed by atoms with van der Waals surface area (Å²) in [6.07, 6.45) is -0.759. The number of nitrogens with one attached hydrogen (secondary N) is 1. The smallest absolute Gasteiger partial charge is 0.252 e. The Morgan fingerprint density at radius 1 is 1.06 bits per heavy atom. The van der Waals surface area contributed by atoms with Crippen LogP contribution in [0.2, 0.25) is 0 Å². The quantitative estimate of drug-likeness (QED) is 0.345. The van der Waals surface area contributed by atoms with Crippen LogP contribution >= 0.6 is 0 Å². The third-order valence-corrected chi connectivity index (χ3v) is 8.05. The number of ether oxygens (including phenoxy) is 1. The summed E-state index contributed by atoms with van der Waals surface area (Å²) in [4.78, 5) is 13.2. The number of rotatable bonds is 0. The van der Waals surface area contributed by atoms with Gasteiger partial charge in [-0.1, -0.05) is 36.4 Å². The number of hydrogen-bond donors (Lipinski definition) is 3. The van der Waals surface area contributed by atoms with Crippen LogP contribution in [-0.2, 0) is 17.0 Å². The molecule has 7 nitrogen and oxygen atoms in total. The molecule has 1 fully saturated rings. The van der Waals surface area contributed by atoms with E-state index < -0.39 is 17.9 Å². The molecule has 7 heteroatoms. The Balaban J connectivity index is 1.77. The van der Waals surface area contributed by atoms with Gasteiger partial charge in [-0.2, -0.15) is 0 Å². The van der Waals surface area contributed by atoms with Gasteiger partial charge in [0.25, 0.3) is 5.91 Å². The summed E-state index contributed by atoms with van der Waals surface area (Å²) in [6, 6.07) is 15.9. The highest BCUT2D eigenvalue weighted by atomic mass is 16.6. The number of hydrogen-bond acceptors (Lipinski definition) is 4. The Bertz CT molecular complexity index is 1710. The molecule has 3 aliphatic rings. The van der Waals surface area contributed by atoms with Gasteiger partial charge in [0.15, 0.2) is 5.72 Å². The standard InChI is InChI=1S/C26H22N4O3/c1-26-24(31)15(27)10-18(33-26)29-16-8-4-2-6-12(16)20-21-14(11-28-25(21)32)19-13-7-3-5-9-17(13)30(26)23(19)22(20)29/h2-9,15,18,24,31H,10-11,27H2,1H3,(H,28,32)/t15-,18+,24-,26+/m1/s1. The largest absolute Gasteiger partial charge is 0.386 e. The monoisotopic (exact) mass is 438 g/mol. The van der Waals surface area contributed by atoms with E-state index in [1.54, 1.807) is 0 Å². The lowest BCUT2D eigenvalue weighted by Crippen LogP contribution is -2.58. The van der Waals surface area contributed by atoms with Gasteiger partial charge in [-0.05, 0) is 24.6 Å². The first-order valence-corrected chi connectivity index (χ1v) is 11.4. The number of amides is 1. The predicted molar refractivity (Wildman–Crippen MR) is 126 cm³/mol. The van der Waals surface area contributed by atoms with Gasteiger partial charge >= 0.3 is 0 Å². The van der Waals surface area contributed by atoms with Gasteiger partial charge in [0, 0.05) is 40.6 Å². The van der Waals surface area contributed by atoms with Crippen molar-refractivity contribution in [3.8, 4) is 0 Å². The van der Waals surface area contributed by atoms with Crippen molar-refractivity contribution in [3.05, 3.63) is 59.7 Å². The van der Waals surface area contributed by atoms with E-state index in [0.717, 1.165) is 54.7 Å². The molecule has 0 radical (unpaired) electrons. The maximum Gasteiger partial charge on any atom is 0.252 e. The highest BCUT2D eigenvalue weighted by molar-refractivity contribution is 6.31. The molecule has 33 heavy (non-hydrogen) atoms. The molecule has 164 valence electrons. The van der Waals surface area contributed by atoms with Crippen LogP contribution in [-0.4, -0.2) is 32.3 Å². The second-order valence-electron chi connectivity index (χ2n) is 9.69. The lowest BCUT2D eigenvalue weighted by Gasteiger charge is -2.45. The zero-order valence-electron chi connectivity index (χ0n) is 18.0. The molecule has 0 unspecified atom stereocenters. The fraction of sp³-hybridized carbons (Fsp3) is 0.269. The molecular formula is C26H22N4O3. The second kappa shape index (κ2) is 5.56. The molecule has 3 aliphatic heterocycles. The zero-order valence-corrected chi connectivity index (χ0v) is 18.0. The normalized spacial score (nSPS) is 28.2. The number of nitrogens with two attached hydrogens (primary N) is 1. The van der Waals surface area contributed by atoms with E-state index in [0.29, 0.717) is 13.0 Å². The number of nitrogens with zero attached hydrogens (tertiary/aromatic N) is 2. The summed E-state index contributed by atoms with van der Waals surface area (Å²) in [7, 11) is 0. The molecule has 8 rings (SSSR count). The highest BCUT2D eigenvalue weighted by Crippen LogP contribution is 2.52. The summed E-state index contributed by atoms with van der Waals surface area (Å²) < 4.78 is 11.1. The summed E-state index contributed by atoms with van der Waals surface area (Å²) in [5, 5.41) is 18.5. The minimum atomic E-state index is -1.05. The van der Waals surface area contributed by atoms with E-state index in [9.17, 15) is 9.90 Å². The van der Waals surface area contributed by atoms with Crippen LogP contribution in [0.5, 0.6) is 0 Å². The zero-order chi connectivity index (χ0) is 22.2. The number of aliphatic hydroxyl groups is 1. The molecule has 3 aromatic carbocycles. The molecule has 2 bridgehead atoms. The SMILES string of the molecule is C[C@]12O[C@@H](C[C@@H](N)[C@H]1O)n1c3ccccc3c3c4c(c5c6ccccc6n2c5c31)CNC4=O. The van der Waals surface area contributed by atoms with E-state index in [4.69, 9.17) is 10.5 Å². The Kier molecular flexibility index (Phi) is 3.05. The van der Waals surface area contributed by atoms with Crippen LogP contribution in [0.4, 0.5) is 0 Å². The first kappa shape index (κ1) is 18.1. The van der Waals surface area contributed by atoms with Gasteiger partial charge in [-0.15, -0.1) is 0 Å². The van der Waals surface area contributed by atoms with Crippen LogP contribution in [0.15, 0.2) is 48.5 Å². The maximum atomic E-state index is 13.2. The van der Waals surface area contributed by atoms with Crippen molar-refractivity contribution >= 4 is 49.5 Å². The first-order chi connectivity index (χ1) is 16.0. The molecule has 0 saturated carbocycles. The van der Waals surface area contributed by atoms with Gasteiger partial charge < -0.3 is 30.0 Å². The van der Waals surface area contributed by atoms with Gasteiger partial charge in [-0.3, -0.25) is 4.79 Å². The summed E-state index contributed by atoms with van der Waals surface area (Å²) in [5.41, 5.74) is 11.2. The Morgan fingerprint density at radius 2 is 1.76 bits per heavy atom. The number of carbonyl (C=O) groups excluding carboxylic acids is 1. The number of para-hydroxylation sites is 2. The fourth-order valence-corrected chi connectivity index (χ4v) is 6.73. The van der Waals surface area contributed by atoms with Crippen molar-refractivity contribution < 1.29 is 14.6 Å². The number of aliphatic hydroxyl groups excluding tert-OH is 1. The van der Waals surface area contributed by atoms with Crippen LogP contribution in [0.25, 0.3) is 43.6 Å². The van der Waals surface area contributed by atoms with Crippen LogP contribution < -0.4 is 11.1 Å². The minimum Gasteiger partial charge on any atom is -0.386 e. The van der Waals surface area contributed by atoms with Gasteiger partial charge in [-0.25, -0.2) is 0 Å². The van der Waals surface area contributed by atoms with Crippen molar-refractivity contribution in [1.82, 2.24) is 14.5 Å². The number of fused-ring (bicyclic) bond motifs is 13. The van der Waals surface area contributed by atoms with E-state index in [1.807, 2.05) is 31.2 Å². The van der Waals surface area contributed by atoms with E-state index >= 15 is 0 Å². The highest BCUT2D eigenvalue weighted by Gasteiger charge is 2.51. The minimum absolute atomic E-state index is 0.0391. The molecule has 4 atom stereocenters. The molecule has 1 amide bonds. The van der Waals surface area contributed by atoms with Crippen LogP contribution in [0.1, 0.15) is 35.5 Å². The molecule has 5 heterocycles. The molecule has 0 spiro atoms. The number of carbonyl (C=O) groups is 1. The van der Waals surface area contributed by atoms with Crippen LogP contribution in [0.3, 0.4) is 0 Å². The summed E-state index contributed by atoms with van der Waals surface area (Å²) in [5.74, 6) is -0.0391. The third-order valence-electron chi connectivity index (χ3n) is 8.05. The predicted octanol–water partition coefficient (Wildman–Crippen LogP) is 3.44. The van der Waals surface area contributed by atoms with Crippen molar-refractivity contribution in [2.75, 3.05) is 0 Å². The molecule has 0 aliphatic carbocycles. The van der Waals surface area contributed by atoms with E-state index in [-0.39, 0.29) is 12.1 Å². The van der Waals surface area contributed by atoms with Gasteiger partial charge in [0.1, 0.15) is 12.3 Å². The lowest BCUT2D eigenvalue weighted by molar-refractivity contribution is -0.246. The van der Waals surface area contributed by atoms with E-state index in [2.05, 4.69) is 38.7 Å². The van der Waals surface area contributed by atoms with Crippen molar-refractivity contribution in [3.63, 3.8) is 0 Å². The van der Waals surface area contributed by atoms with Crippen LogP contribution in [0, 0.1) is 0 Å². The Labute approximate surface area is 188 Å². The molecular weight excluding hydrogens is 416 g/mol. The number of aromatic nitrogens is 2. The first-order valence-electron chi connectivity index (χ1n) is 11.4. The maximum absolute atomic E-state index is 13.2. The van der Waals surface area contributed by atoms with Crippen molar-refractivity contribution in [2.24, 2.45) is 5.73 Å². The average molecular weight is 438 g/mol. The Hall–Kier alpha value is -3.39. The topological polar surface area (TPSA) is 94.4 Å². The van der Waals surface area contributed by atoms with Gasteiger partial charge in [0.2, 0.25) is 0 Å². The fourth-order valence-electron chi connectivity index (χ4n) is 6.73. The van der Waals surface area contributed by atoms with Crippen molar-refractivity contribution in [1.29, 1.82) is 0 Å². The lowest BCUT2D eigenvalue weighted by atomic mass is 9.94. The Morgan fingerprint density at radius 3 is 2.55 bits per heavy atom. The van der Waals surface area contributed by atoms with Crippen molar-refractivity contribution in [2.45, 2.75) is 44.0 Å².